The summed E-state index contributed by atoms with van der Waals surface area (Å²) < 4.78 is 0. The van der Waals surface area contributed by atoms with E-state index in [-0.39, 0.29) is 6.04 Å². The Hall–Kier alpha value is -0.900. The maximum Gasteiger partial charge on any atom is 0.0450 e. The molecule has 1 fully saturated rings. The molecule has 1 aliphatic heterocycles. The highest BCUT2D eigenvalue weighted by atomic mass is 15.2. The Morgan fingerprint density at radius 1 is 1.29 bits per heavy atom. The van der Waals surface area contributed by atoms with Crippen LogP contribution >= 0.6 is 0 Å². The second-order valence-corrected chi connectivity index (χ2v) is 4.97. The molecule has 0 radical (unpaired) electrons. The molecule has 1 aromatic rings. The highest BCUT2D eigenvalue weighted by Crippen LogP contribution is 2.19. The zero-order valence-corrected chi connectivity index (χ0v) is 10.8. The van der Waals surface area contributed by atoms with Gasteiger partial charge in [0.2, 0.25) is 0 Å². The number of nitrogens with two attached hydrogens (primary N) is 1. The van der Waals surface area contributed by atoms with Gasteiger partial charge in [-0.3, -0.25) is 4.90 Å². The summed E-state index contributed by atoms with van der Waals surface area (Å²) in [7, 11) is 0. The van der Waals surface area contributed by atoms with Crippen molar-refractivity contribution >= 4 is 0 Å². The number of hydrogen-bond donors (Lipinski definition) is 2. The van der Waals surface area contributed by atoms with Gasteiger partial charge in [0.1, 0.15) is 0 Å². The van der Waals surface area contributed by atoms with E-state index in [0.29, 0.717) is 6.04 Å². The van der Waals surface area contributed by atoms with Crippen molar-refractivity contribution in [3.63, 3.8) is 0 Å². The van der Waals surface area contributed by atoms with Gasteiger partial charge in [0.25, 0.3) is 0 Å². The zero-order chi connectivity index (χ0) is 12.3. The lowest BCUT2D eigenvalue weighted by molar-refractivity contribution is 0.163. The minimum absolute atomic E-state index is 0.105. The average molecular weight is 233 g/mol. The first-order chi connectivity index (χ1) is 8.18. The number of hydrogen-bond acceptors (Lipinski definition) is 3. The molecule has 1 saturated heterocycles. The van der Waals surface area contributed by atoms with Crippen LogP contribution in [0.1, 0.15) is 24.1 Å². The second kappa shape index (κ2) is 5.63. The molecule has 0 aromatic heterocycles. The Kier molecular flexibility index (Phi) is 4.15. The largest absolute Gasteiger partial charge is 0.323 e. The van der Waals surface area contributed by atoms with E-state index in [4.69, 9.17) is 5.73 Å². The molecule has 2 rings (SSSR count). The minimum atomic E-state index is 0.105. The summed E-state index contributed by atoms with van der Waals surface area (Å²) in [6.07, 6.45) is 0. The van der Waals surface area contributed by atoms with Crippen molar-refractivity contribution in [1.82, 2.24) is 10.2 Å². The quantitative estimate of drug-likeness (QED) is 0.826. The van der Waals surface area contributed by atoms with Gasteiger partial charge in [0, 0.05) is 38.3 Å². The predicted molar refractivity (Wildman–Crippen MR) is 72.0 cm³/mol. The molecule has 2 unspecified atom stereocenters. The van der Waals surface area contributed by atoms with Crippen molar-refractivity contribution in [2.75, 3.05) is 26.2 Å². The molecule has 1 aliphatic rings. The van der Waals surface area contributed by atoms with Crippen LogP contribution in [0.15, 0.2) is 24.3 Å². The van der Waals surface area contributed by atoms with Crippen molar-refractivity contribution in [2.45, 2.75) is 25.9 Å². The van der Waals surface area contributed by atoms with Crippen LogP contribution in [-0.4, -0.2) is 37.1 Å². The van der Waals surface area contributed by atoms with E-state index in [1.807, 2.05) is 0 Å². The highest BCUT2D eigenvalue weighted by Gasteiger charge is 2.22. The molecule has 3 N–H and O–H groups in total. The molecule has 0 saturated carbocycles. The molecular weight excluding hydrogens is 210 g/mol. The van der Waals surface area contributed by atoms with Gasteiger partial charge >= 0.3 is 0 Å². The molecule has 3 heteroatoms. The third kappa shape index (κ3) is 3.06. The Morgan fingerprint density at radius 2 is 2.00 bits per heavy atom. The molecule has 0 amide bonds. The standard InChI is InChI=1S/C14H23N3/c1-11-4-3-5-13(10-11)14(15)12(2)17-8-6-16-7-9-17/h3-5,10,12,14,16H,6-9,15H2,1-2H3. The summed E-state index contributed by atoms with van der Waals surface area (Å²) in [5, 5.41) is 3.37. The topological polar surface area (TPSA) is 41.3 Å². The van der Waals surface area contributed by atoms with Gasteiger partial charge in [-0.25, -0.2) is 0 Å². The van der Waals surface area contributed by atoms with Crippen LogP contribution in [0.2, 0.25) is 0 Å². The summed E-state index contributed by atoms with van der Waals surface area (Å²) in [6.45, 7) is 8.70. The molecule has 17 heavy (non-hydrogen) atoms. The smallest absolute Gasteiger partial charge is 0.0450 e. The number of aryl methyl sites for hydroxylation is 1. The maximum absolute atomic E-state index is 6.38. The van der Waals surface area contributed by atoms with Crippen LogP contribution < -0.4 is 11.1 Å². The van der Waals surface area contributed by atoms with Crippen molar-refractivity contribution < 1.29 is 0 Å². The third-order valence-corrected chi connectivity index (χ3v) is 3.67. The first-order valence-electron chi connectivity index (χ1n) is 6.45. The van der Waals surface area contributed by atoms with E-state index in [1.54, 1.807) is 0 Å². The van der Waals surface area contributed by atoms with Gasteiger partial charge in [0.05, 0.1) is 0 Å². The van der Waals surface area contributed by atoms with Crippen LogP contribution in [-0.2, 0) is 0 Å². The first-order valence-corrected chi connectivity index (χ1v) is 6.45. The molecule has 2 atom stereocenters. The van der Waals surface area contributed by atoms with E-state index in [1.165, 1.54) is 11.1 Å². The van der Waals surface area contributed by atoms with Crippen molar-refractivity contribution in [3.05, 3.63) is 35.4 Å². The predicted octanol–water partition coefficient (Wildman–Crippen LogP) is 1.29. The van der Waals surface area contributed by atoms with Gasteiger partial charge in [-0.05, 0) is 19.4 Å². The summed E-state index contributed by atoms with van der Waals surface area (Å²) in [5.41, 5.74) is 8.91. The van der Waals surface area contributed by atoms with E-state index < -0.39 is 0 Å². The molecular formula is C14H23N3. The number of nitrogens with zero attached hydrogens (tertiary/aromatic N) is 1. The minimum Gasteiger partial charge on any atom is -0.323 e. The number of nitrogens with one attached hydrogen (secondary N) is 1. The van der Waals surface area contributed by atoms with E-state index >= 15 is 0 Å². The number of piperazine rings is 1. The number of benzene rings is 1. The Morgan fingerprint density at radius 3 is 2.65 bits per heavy atom. The fraction of sp³-hybridized carbons (Fsp3) is 0.571. The average Bonchev–Trinajstić information content (AvgIpc) is 2.38. The van der Waals surface area contributed by atoms with E-state index in [0.717, 1.165) is 26.2 Å². The van der Waals surface area contributed by atoms with E-state index in [9.17, 15) is 0 Å². The highest BCUT2D eigenvalue weighted by molar-refractivity contribution is 5.25. The fourth-order valence-corrected chi connectivity index (χ4v) is 2.47. The molecule has 1 heterocycles. The van der Waals surface area contributed by atoms with Gasteiger partial charge in [-0.1, -0.05) is 29.8 Å². The third-order valence-electron chi connectivity index (χ3n) is 3.67. The SMILES string of the molecule is Cc1cccc(C(N)C(C)N2CCNCC2)c1. The van der Waals surface area contributed by atoms with Crippen LogP contribution in [0, 0.1) is 6.92 Å². The lowest BCUT2D eigenvalue weighted by atomic mass is 9.98. The molecule has 0 aliphatic carbocycles. The van der Waals surface area contributed by atoms with Crippen molar-refractivity contribution in [2.24, 2.45) is 5.73 Å². The van der Waals surface area contributed by atoms with Gasteiger partial charge in [0.15, 0.2) is 0 Å². The zero-order valence-electron chi connectivity index (χ0n) is 10.8. The molecule has 0 bridgehead atoms. The molecule has 1 aromatic carbocycles. The molecule has 3 nitrogen and oxygen atoms in total. The summed E-state index contributed by atoms with van der Waals surface area (Å²) in [6, 6.07) is 9.05. The van der Waals surface area contributed by atoms with E-state index in [2.05, 4.69) is 48.3 Å². The Labute approximate surface area is 104 Å². The summed E-state index contributed by atoms with van der Waals surface area (Å²) in [5.74, 6) is 0. The lowest BCUT2D eigenvalue weighted by Gasteiger charge is -2.36. The van der Waals surface area contributed by atoms with Crippen molar-refractivity contribution in [3.8, 4) is 0 Å². The van der Waals surface area contributed by atoms with Crippen LogP contribution in [0.3, 0.4) is 0 Å². The first kappa shape index (κ1) is 12.6. The van der Waals surface area contributed by atoms with Crippen LogP contribution in [0.25, 0.3) is 0 Å². The van der Waals surface area contributed by atoms with Gasteiger partial charge < -0.3 is 11.1 Å². The normalized spacial score (nSPS) is 21.1. The second-order valence-electron chi connectivity index (χ2n) is 4.97. The summed E-state index contributed by atoms with van der Waals surface area (Å²) >= 11 is 0. The van der Waals surface area contributed by atoms with Crippen LogP contribution in [0.4, 0.5) is 0 Å². The van der Waals surface area contributed by atoms with Crippen LogP contribution in [0.5, 0.6) is 0 Å². The molecule has 94 valence electrons. The van der Waals surface area contributed by atoms with Crippen molar-refractivity contribution in [1.29, 1.82) is 0 Å². The van der Waals surface area contributed by atoms with Gasteiger partial charge in [-0.2, -0.15) is 0 Å². The monoisotopic (exact) mass is 233 g/mol. The lowest BCUT2D eigenvalue weighted by Crippen LogP contribution is -2.50. The number of rotatable bonds is 3. The fourth-order valence-electron chi connectivity index (χ4n) is 2.47. The Balaban J connectivity index is 2.05. The Bertz CT molecular complexity index is 358. The summed E-state index contributed by atoms with van der Waals surface area (Å²) in [4.78, 5) is 2.48. The maximum atomic E-state index is 6.38. The molecule has 0 spiro atoms. The van der Waals surface area contributed by atoms with Gasteiger partial charge in [-0.15, -0.1) is 0 Å².